The number of hydrogen-bond acceptors (Lipinski definition) is 3. The fourth-order valence-corrected chi connectivity index (χ4v) is 4.68. The monoisotopic (exact) mass is 308 g/mol. The Morgan fingerprint density at radius 2 is 2.00 bits per heavy atom. The molecule has 0 aliphatic carbocycles. The zero-order chi connectivity index (χ0) is 13.3. The summed E-state index contributed by atoms with van der Waals surface area (Å²) in [5, 5.41) is 10.0. The lowest BCUT2D eigenvalue weighted by atomic mass is 10.0. The molecule has 3 nitrogen and oxygen atoms in total. The Morgan fingerprint density at radius 3 is 2.67 bits per heavy atom. The molecule has 1 N–H and O–H groups in total. The van der Waals surface area contributed by atoms with Crippen LogP contribution in [0.5, 0.6) is 0 Å². The zero-order valence-electron chi connectivity index (χ0n) is 9.64. The lowest BCUT2D eigenvalue weighted by Crippen LogP contribution is -2.34. The first-order valence-corrected chi connectivity index (χ1v) is 8.24. The van der Waals surface area contributed by atoms with Gasteiger partial charge in [0.1, 0.15) is 0 Å². The molecule has 1 fully saturated rings. The van der Waals surface area contributed by atoms with Crippen molar-refractivity contribution in [3.8, 4) is 0 Å². The third kappa shape index (κ3) is 2.67. The van der Waals surface area contributed by atoms with Crippen LogP contribution >= 0.6 is 23.2 Å². The second-order valence-corrected chi connectivity index (χ2v) is 7.61. The summed E-state index contributed by atoms with van der Waals surface area (Å²) in [4.78, 5) is 0. The van der Waals surface area contributed by atoms with Gasteiger partial charge in [-0.25, -0.2) is 8.42 Å². The van der Waals surface area contributed by atoms with Crippen molar-refractivity contribution in [1.82, 2.24) is 0 Å². The van der Waals surface area contributed by atoms with Crippen LogP contribution in [-0.4, -0.2) is 24.5 Å². The van der Waals surface area contributed by atoms with Crippen LogP contribution in [-0.2, 0) is 9.84 Å². The summed E-state index contributed by atoms with van der Waals surface area (Å²) in [5.41, 5.74) is 0.389. The Hall–Kier alpha value is -0.290. The first kappa shape index (κ1) is 14.1. The van der Waals surface area contributed by atoms with Gasteiger partial charge in [-0.1, -0.05) is 41.8 Å². The van der Waals surface area contributed by atoms with Gasteiger partial charge in [-0.05, 0) is 18.9 Å². The maximum Gasteiger partial charge on any atom is 0.156 e. The summed E-state index contributed by atoms with van der Waals surface area (Å²) >= 11 is 11.9. The molecule has 0 spiro atoms. The molecule has 1 aromatic rings. The van der Waals surface area contributed by atoms with E-state index in [-0.39, 0.29) is 10.8 Å². The van der Waals surface area contributed by atoms with Gasteiger partial charge in [0.05, 0.1) is 27.2 Å². The fraction of sp³-hybridized carbons (Fsp3) is 0.500. The van der Waals surface area contributed by atoms with Gasteiger partial charge in [0.2, 0.25) is 0 Å². The Kier molecular flexibility index (Phi) is 4.22. The molecule has 0 saturated carbocycles. The molecule has 2 unspecified atom stereocenters. The van der Waals surface area contributed by atoms with E-state index < -0.39 is 21.2 Å². The standard InChI is InChI=1S/C12H14Cl2O3S/c13-9-5-3-4-8(11(9)14)12(15)10-6-1-2-7-18(10,16)17/h3-5,10,12,15H,1-2,6-7H2. The molecule has 2 rings (SSSR count). The maximum absolute atomic E-state index is 12.0. The van der Waals surface area contributed by atoms with Crippen molar-refractivity contribution in [2.75, 3.05) is 5.75 Å². The molecule has 18 heavy (non-hydrogen) atoms. The van der Waals surface area contributed by atoms with Crippen molar-refractivity contribution in [3.05, 3.63) is 33.8 Å². The first-order chi connectivity index (χ1) is 8.43. The fourth-order valence-electron chi connectivity index (χ4n) is 2.28. The summed E-state index contributed by atoms with van der Waals surface area (Å²) in [6.07, 6.45) is 0.821. The van der Waals surface area contributed by atoms with E-state index in [1.807, 2.05) is 0 Å². The molecule has 100 valence electrons. The normalized spacial score (nSPS) is 24.7. The minimum atomic E-state index is -3.25. The van der Waals surface area contributed by atoms with Gasteiger partial charge in [-0.15, -0.1) is 0 Å². The molecular weight excluding hydrogens is 295 g/mol. The number of rotatable bonds is 2. The third-order valence-corrected chi connectivity index (χ3v) is 6.39. The predicted molar refractivity (Wildman–Crippen MR) is 72.8 cm³/mol. The highest BCUT2D eigenvalue weighted by Gasteiger charge is 2.36. The molecule has 1 aliphatic heterocycles. The van der Waals surface area contributed by atoms with Crippen LogP contribution in [0.4, 0.5) is 0 Å². The molecule has 0 radical (unpaired) electrons. The van der Waals surface area contributed by atoms with Crippen molar-refractivity contribution in [2.24, 2.45) is 0 Å². The van der Waals surface area contributed by atoms with E-state index in [1.165, 1.54) is 0 Å². The average molecular weight is 309 g/mol. The van der Waals surface area contributed by atoms with Gasteiger partial charge in [-0.2, -0.15) is 0 Å². The van der Waals surface area contributed by atoms with E-state index in [1.54, 1.807) is 18.2 Å². The van der Waals surface area contributed by atoms with Crippen LogP contribution in [0.3, 0.4) is 0 Å². The maximum atomic E-state index is 12.0. The second-order valence-electron chi connectivity index (χ2n) is 4.49. The van der Waals surface area contributed by atoms with Crippen molar-refractivity contribution in [1.29, 1.82) is 0 Å². The molecule has 1 heterocycles. The minimum Gasteiger partial charge on any atom is -0.387 e. The summed E-state index contributed by atoms with van der Waals surface area (Å²) in [6.45, 7) is 0. The van der Waals surface area contributed by atoms with E-state index in [0.29, 0.717) is 23.4 Å². The molecule has 0 amide bonds. The van der Waals surface area contributed by atoms with Crippen molar-refractivity contribution < 1.29 is 13.5 Å². The van der Waals surface area contributed by atoms with Crippen LogP contribution in [0.1, 0.15) is 30.9 Å². The van der Waals surface area contributed by atoms with Gasteiger partial charge in [0.15, 0.2) is 9.84 Å². The van der Waals surface area contributed by atoms with E-state index >= 15 is 0 Å². The van der Waals surface area contributed by atoms with Crippen molar-refractivity contribution in [2.45, 2.75) is 30.6 Å². The molecule has 1 aliphatic rings. The Bertz CT molecular complexity index is 542. The molecule has 6 heteroatoms. The van der Waals surface area contributed by atoms with E-state index in [4.69, 9.17) is 23.2 Å². The summed E-state index contributed by atoms with van der Waals surface area (Å²) in [7, 11) is -3.25. The highest BCUT2D eigenvalue weighted by molar-refractivity contribution is 7.92. The lowest BCUT2D eigenvalue weighted by Gasteiger charge is -2.27. The van der Waals surface area contributed by atoms with Crippen LogP contribution in [0, 0.1) is 0 Å². The smallest absolute Gasteiger partial charge is 0.156 e. The number of halogens is 2. The van der Waals surface area contributed by atoms with Crippen LogP contribution in [0.25, 0.3) is 0 Å². The highest BCUT2D eigenvalue weighted by atomic mass is 35.5. The van der Waals surface area contributed by atoms with E-state index in [2.05, 4.69) is 0 Å². The molecular formula is C12H14Cl2O3S. The van der Waals surface area contributed by atoms with Crippen molar-refractivity contribution >= 4 is 33.0 Å². The Morgan fingerprint density at radius 1 is 1.28 bits per heavy atom. The van der Waals surface area contributed by atoms with Crippen LogP contribution in [0.15, 0.2) is 18.2 Å². The highest BCUT2D eigenvalue weighted by Crippen LogP contribution is 2.36. The molecule has 0 aromatic heterocycles. The largest absolute Gasteiger partial charge is 0.387 e. The van der Waals surface area contributed by atoms with Gasteiger partial charge >= 0.3 is 0 Å². The summed E-state index contributed by atoms with van der Waals surface area (Å²) < 4.78 is 23.9. The van der Waals surface area contributed by atoms with Gasteiger partial charge in [0, 0.05) is 5.56 Å². The lowest BCUT2D eigenvalue weighted by molar-refractivity contribution is 0.164. The Labute approximate surface area is 117 Å². The number of aliphatic hydroxyl groups is 1. The van der Waals surface area contributed by atoms with Gasteiger partial charge < -0.3 is 5.11 Å². The van der Waals surface area contributed by atoms with Crippen molar-refractivity contribution in [3.63, 3.8) is 0 Å². The van der Waals surface area contributed by atoms with E-state index in [9.17, 15) is 13.5 Å². The summed E-state index contributed by atoms with van der Waals surface area (Å²) in [6, 6.07) is 4.88. The van der Waals surface area contributed by atoms with E-state index in [0.717, 1.165) is 6.42 Å². The number of aliphatic hydroxyl groups excluding tert-OH is 1. The van der Waals surface area contributed by atoms with Crippen LogP contribution < -0.4 is 0 Å². The quantitative estimate of drug-likeness (QED) is 0.913. The Balaban J connectivity index is 2.36. The first-order valence-electron chi connectivity index (χ1n) is 5.77. The average Bonchev–Trinajstić information content (AvgIpc) is 2.31. The summed E-state index contributed by atoms with van der Waals surface area (Å²) in [5.74, 6) is 0.132. The van der Waals surface area contributed by atoms with Gasteiger partial charge in [0.25, 0.3) is 0 Å². The molecule has 0 bridgehead atoms. The number of sulfone groups is 1. The molecule has 2 atom stereocenters. The molecule has 1 saturated heterocycles. The number of benzene rings is 1. The topological polar surface area (TPSA) is 54.4 Å². The van der Waals surface area contributed by atoms with Crippen LogP contribution in [0.2, 0.25) is 10.0 Å². The number of hydrogen-bond donors (Lipinski definition) is 1. The zero-order valence-corrected chi connectivity index (χ0v) is 12.0. The minimum absolute atomic E-state index is 0.132. The third-order valence-electron chi connectivity index (χ3n) is 3.28. The molecule has 1 aromatic carbocycles. The second kappa shape index (κ2) is 5.37. The SMILES string of the molecule is O=S1(=O)CCCCC1C(O)c1cccc(Cl)c1Cl. The predicted octanol–water partition coefficient (Wildman–Crippen LogP) is 2.99. The van der Waals surface area contributed by atoms with Gasteiger partial charge in [-0.3, -0.25) is 0 Å².